The van der Waals surface area contributed by atoms with Crippen LogP contribution in [0.4, 0.5) is 0 Å². The molecular formula is C19H31IN4O. The third kappa shape index (κ3) is 7.64. The van der Waals surface area contributed by atoms with Crippen molar-refractivity contribution in [1.29, 1.82) is 0 Å². The minimum atomic E-state index is 0. The van der Waals surface area contributed by atoms with Crippen molar-refractivity contribution in [3.8, 4) is 0 Å². The average molecular weight is 458 g/mol. The van der Waals surface area contributed by atoms with Gasteiger partial charge in [0.05, 0.1) is 13.2 Å². The van der Waals surface area contributed by atoms with E-state index in [0.29, 0.717) is 13.2 Å². The lowest BCUT2D eigenvalue weighted by Gasteiger charge is -2.11. The third-order valence-electron chi connectivity index (χ3n) is 3.85. The van der Waals surface area contributed by atoms with Crippen LogP contribution in [0.1, 0.15) is 32.3 Å². The molecule has 0 aliphatic rings. The number of para-hydroxylation sites is 1. The minimum absolute atomic E-state index is 0. The largest absolute Gasteiger partial charge is 0.380 e. The number of hydrogen-bond donors (Lipinski definition) is 3. The molecule has 0 saturated heterocycles. The number of H-pyrrole nitrogens is 1. The molecule has 0 radical (unpaired) electrons. The number of guanidine groups is 1. The standard InChI is InChI=1S/C19H30N4O.HI/c1-3-5-13-24-14-12-22-19(20-4-2)21-11-10-16-15-23-18-9-7-6-8-17(16)18;/h6-9,15,23H,3-5,10-14H2,1-2H3,(H2,20,21,22);1H. The summed E-state index contributed by atoms with van der Waals surface area (Å²) in [6, 6.07) is 8.40. The molecule has 140 valence electrons. The van der Waals surface area contributed by atoms with Gasteiger partial charge in [0.15, 0.2) is 5.96 Å². The second-order valence-electron chi connectivity index (χ2n) is 5.76. The molecule has 2 rings (SSSR count). The van der Waals surface area contributed by atoms with Gasteiger partial charge in [-0.15, -0.1) is 24.0 Å². The molecule has 0 atom stereocenters. The Morgan fingerprint density at radius 2 is 2.00 bits per heavy atom. The second kappa shape index (κ2) is 13.0. The predicted octanol–water partition coefficient (Wildman–Crippen LogP) is 3.70. The molecule has 0 aliphatic carbocycles. The first-order valence-corrected chi connectivity index (χ1v) is 9.00. The van der Waals surface area contributed by atoms with E-state index >= 15 is 0 Å². The summed E-state index contributed by atoms with van der Waals surface area (Å²) in [6.45, 7) is 8.15. The molecule has 0 amide bonds. The lowest BCUT2D eigenvalue weighted by Crippen LogP contribution is -2.38. The van der Waals surface area contributed by atoms with Crippen LogP contribution in [0, 0.1) is 0 Å². The van der Waals surface area contributed by atoms with Gasteiger partial charge in [0, 0.05) is 36.8 Å². The SMILES string of the molecule is CCCCOCCN=C(NCC)NCCc1c[nH]c2ccccc12.I. The van der Waals surface area contributed by atoms with Gasteiger partial charge in [-0.05, 0) is 31.4 Å². The monoisotopic (exact) mass is 458 g/mol. The summed E-state index contributed by atoms with van der Waals surface area (Å²) in [5.74, 6) is 0.858. The van der Waals surface area contributed by atoms with Crippen LogP contribution < -0.4 is 10.6 Å². The Morgan fingerprint density at radius 3 is 2.80 bits per heavy atom. The molecule has 0 saturated carbocycles. The van der Waals surface area contributed by atoms with Gasteiger partial charge in [0.1, 0.15) is 0 Å². The molecule has 1 aromatic carbocycles. The molecule has 25 heavy (non-hydrogen) atoms. The van der Waals surface area contributed by atoms with E-state index in [2.05, 4.69) is 64.9 Å². The number of nitrogens with zero attached hydrogens (tertiary/aromatic N) is 1. The Labute approximate surface area is 168 Å². The fourth-order valence-electron chi connectivity index (χ4n) is 2.57. The molecule has 1 heterocycles. The number of ether oxygens (including phenoxy) is 1. The van der Waals surface area contributed by atoms with Crippen molar-refractivity contribution in [1.82, 2.24) is 15.6 Å². The van der Waals surface area contributed by atoms with E-state index in [-0.39, 0.29) is 24.0 Å². The maximum absolute atomic E-state index is 5.55. The molecule has 5 nitrogen and oxygen atoms in total. The average Bonchev–Trinajstić information content (AvgIpc) is 3.01. The van der Waals surface area contributed by atoms with Gasteiger partial charge in [0.25, 0.3) is 0 Å². The van der Waals surface area contributed by atoms with Crippen molar-refractivity contribution in [2.75, 3.05) is 32.8 Å². The van der Waals surface area contributed by atoms with E-state index in [1.165, 1.54) is 22.9 Å². The molecular weight excluding hydrogens is 427 g/mol. The molecule has 0 bridgehead atoms. The summed E-state index contributed by atoms with van der Waals surface area (Å²) in [4.78, 5) is 7.87. The summed E-state index contributed by atoms with van der Waals surface area (Å²) in [7, 11) is 0. The van der Waals surface area contributed by atoms with Gasteiger partial charge in [0.2, 0.25) is 0 Å². The summed E-state index contributed by atoms with van der Waals surface area (Å²) in [5.41, 5.74) is 2.52. The van der Waals surface area contributed by atoms with E-state index < -0.39 is 0 Å². The van der Waals surface area contributed by atoms with Crippen LogP contribution in [0.15, 0.2) is 35.5 Å². The summed E-state index contributed by atoms with van der Waals surface area (Å²) in [6.07, 6.45) is 5.34. The number of nitrogens with one attached hydrogen (secondary N) is 3. The maximum Gasteiger partial charge on any atom is 0.191 e. The highest BCUT2D eigenvalue weighted by atomic mass is 127. The lowest BCUT2D eigenvalue weighted by molar-refractivity contribution is 0.139. The summed E-state index contributed by atoms with van der Waals surface area (Å²) >= 11 is 0. The van der Waals surface area contributed by atoms with Gasteiger partial charge >= 0.3 is 0 Å². The highest BCUT2D eigenvalue weighted by Crippen LogP contribution is 2.17. The van der Waals surface area contributed by atoms with Gasteiger partial charge < -0.3 is 20.4 Å². The quantitative estimate of drug-likeness (QED) is 0.220. The smallest absolute Gasteiger partial charge is 0.191 e. The van der Waals surface area contributed by atoms with Gasteiger partial charge in [-0.25, -0.2) is 0 Å². The molecule has 0 aliphatic heterocycles. The van der Waals surface area contributed by atoms with Crippen LogP contribution in [0.25, 0.3) is 10.9 Å². The van der Waals surface area contributed by atoms with E-state index in [1.54, 1.807) is 0 Å². The van der Waals surface area contributed by atoms with Crippen LogP contribution in [0.5, 0.6) is 0 Å². The van der Waals surface area contributed by atoms with Crippen molar-refractivity contribution in [2.45, 2.75) is 33.1 Å². The van der Waals surface area contributed by atoms with E-state index in [1.807, 2.05) is 0 Å². The van der Waals surface area contributed by atoms with Gasteiger partial charge in [-0.1, -0.05) is 31.5 Å². The molecule has 0 fully saturated rings. The summed E-state index contributed by atoms with van der Waals surface area (Å²) < 4.78 is 5.55. The van der Waals surface area contributed by atoms with Crippen molar-refractivity contribution in [3.63, 3.8) is 0 Å². The zero-order chi connectivity index (χ0) is 17.0. The Kier molecular flexibility index (Phi) is 11.3. The number of benzene rings is 1. The zero-order valence-corrected chi connectivity index (χ0v) is 17.6. The number of rotatable bonds is 10. The number of fused-ring (bicyclic) bond motifs is 1. The number of halogens is 1. The third-order valence-corrected chi connectivity index (χ3v) is 3.85. The van der Waals surface area contributed by atoms with Crippen molar-refractivity contribution in [2.24, 2.45) is 4.99 Å². The van der Waals surface area contributed by atoms with Crippen molar-refractivity contribution in [3.05, 3.63) is 36.0 Å². The molecule has 0 unspecified atom stereocenters. The van der Waals surface area contributed by atoms with Crippen LogP contribution in [0.3, 0.4) is 0 Å². The maximum atomic E-state index is 5.55. The number of hydrogen-bond acceptors (Lipinski definition) is 2. The molecule has 2 aromatic rings. The Bertz CT molecular complexity index is 627. The number of aliphatic imine (C=N–C) groups is 1. The number of aromatic amines is 1. The Balaban J connectivity index is 0.00000312. The summed E-state index contributed by atoms with van der Waals surface area (Å²) in [5, 5.41) is 7.97. The second-order valence-corrected chi connectivity index (χ2v) is 5.76. The molecule has 3 N–H and O–H groups in total. The highest BCUT2D eigenvalue weighted by Gasteiger charge is 2.03. The predicted molar refractivity (Wildman–Crippen MR) is 117 cm³/mol. The fraction of sp³-hybridized carbons (Fsp3) is 0.526. The lowest BCUT2D eigenvalue weighted by atomic mass is 10.1. The van der Waals surface area contributed by atoms with E-state index in [0.717, 1.165) is 38.5 Å². The van der Waals surface area contributed by atoms with Gasteiger partial charge in [-0.3, -0.25) is 4.99 Å². The van der Waals surface area contributed by atoms with E-state index in [4.69, 9.17) is 4.74 Å². The Hall–Kier alpha value is -1.28. The van der Waals surface area contributed by atoms with Crippen LogP contribution in [-0.2, 0) is 11.2 Å². The fourth-order valence-corrected chi connectivity index (χ4v) is 2.57. The normalized spacial score (nSPS) is 11.4. The van der Waals surface area contributed by atoms with Crippen LogP contribution in [-0.4, -0.2) is 43.8 Å². The first kappa shape index (κ1) is 21.8. The molecule has 6 heteroatoms. The van der Waals surface area contributed by atoms with Crippen LogP contribution in [0.2, 0.25) is 0 Å². The van der Waals surface area contributed by atoms with E-state index in [9.17, 15) is 0 Å². The minimum Gasteiger partial charge on any atom is -0.380 e. The zero-order valence-electron chi connectivity index (χ0n) is 15.3. The van der Waals surface area contributed by atoms with Crippen LogP contribution >= 0.6 is 24.0 Å². The topological polar surface area (TPSA) is 61.4 Å². The van der Waals surface area contributed by atoms with Gasteiger partial charge in [-0.2, -0.15) is 0 Å². The number of unbranched alkanes of at least 4 members (excludes halogenated alkanes) is 1. The van der Waals surface area contributed by atoms with Crippen molar-refractivity contribution < 1.29 is 4.74 Å². The number of aromatic nitrogens is 1. The van der Waals surface area contributed by atoms with Crippen molar-refractivity contribution >= 4 is 40.8 Å². The first-order valence-electron chi connectivity index (χ1n) is 9.00. The molecule has 0 spiro atoms. The highest BCUT2D eigenvalue weighted by molar-refractivity contribution is 14.0. The molecule has 1 aromatic heterocycles. The Morgan fingerprint density at radius 1 is 1.16 bits per heavy atom. The first-order chi connectivity index (χ1) is 11.8.